The molecule has 1 aromatic heterocycles. The van der Waals surface area contributed by atoms with Crippen molar-refractivity contribution in [3.63, 3.8) is 0 Å². The molecule has 0 bridgehead atoms. The van der Waals surface area contributed by atoms with E-state index < -0.39 is 0 Å². The monoisotopic (exact) mass is 242 g/mol. The molecule has 0 fully saturated rings. The van der Waals surface area contributed by atoms with Crippen LogP contribution in [0.25, 0.3) is 0 Å². The smallest absolute Gasteiger partial charge is 0.101 e. The van der Waals surface area contributed by atoms with Crippen LogP contribution in [0.2, 0.25) is 0 Å². The SMILES string of the molecule is Cc1cccc(C#N)c1NC(C)c1cccs1. The molecule has 0 saturated heterocycles. The quantitative estimate of drug-likeness (QED) is 0.879. The Hall–Kier alpha value is -1.79. The van der Waals surface area contributed by atoms with Crippen molar-refractivity contribution < 1.29 is 0 Å². The summed E-state index contributed by atoms with van der Waals surface area (Å²) in [5, 5.41) is 14.6. The zero-order chi connectivity index (χ0) is 12.3. The molecule has 3 heteroatoms. The Kier molecular flexibility index (Phi) is 3.46. The number of benzene rings is 1. The molecule has 2 aromatic rings. The maximum Gasteiger partial charge on any atom is 0.101 e. The van der Waals surface area contributed by atoms with Crippen LogP contribution < -0.4 is 5.32 Å². The number of rotatable bonds is 3. The van der Waals surface area contributed by atoms with Crippen molar-refractivity contribution in [1.82, 2.24) is 0 Å². The minimum absolute atomic E-state index is 0.225. The van der Waals surface area contributed by atoms with E-state index in [1.165, 1.54) is 4.88 Å². The lowest BCUT2D eigenvalue weighted by Crippen LogP contribution is -2.07. The van der Waals surface area contributed by atoms with Crippen LogP contribution in [-0.2, 0) is 0 Å². The average Bonchev–Trinajstić information content (AvgIpc) is 2.85. The Morgan fingerprint density at radius 3 is 2.76 bits per heavy atom. The number of nitrogens with zero attached hydrogens (tertiary/aromatic N) is 1. The summed E-state index contributed by atoms with van der Waals surface area (Å²) >= 11 is 1.72. The van der Waals surface area contributed by atoms with Gasteiger partial charge in [-0.3, -0.25) is 0 Å². The van der Waals surface area contributed by atoms with E-state index in [0.717, 1.165) is 11.3 Å². The van der Waals surface area contributed by atoms with Crippen LogP contribution in [-0.4, -0.2) is 0 Å². The number of thiophene rings is 1. The van der Waals surface area contributed by atoms with E-state index in [9.17, 15) is 0 Å². The molecule has 1 aromatic carbocycles. The predicted molar refractivity (Wildman–Crippen MR) is 72.3 cm³/mol. The summed E-state index contributed by atoms with van der Waals surface area (Å²) < 4.78 is 0. The van der Waals surface area contributed by atoms with Crippen LogP contribution in [0.5, 0.6) is 0 Å². The predicted octanol–water partition coefficient (Wildman–Crippen LogP) is 4.10. The van der Waals surface area contributed by atoms with Crippen LogP contribution in [0.1, 0.15) is 29.0 Å². The van der Waals surface area contributed by atoms with Gasteiger partial charge in [0.2, 0.25) is 0 Å². The average molecular weight is 242 g/mol. The van der Waals surface area contributed by atoms with Crippen molar-refractivity contribution >= 4 is 17.0 Å². The minimum Gasteiger partial charge on any atom is -0.376 e. The molecule has 0 aliphatic carbocycles. The van der Waals surface area contributed by atoms with Crippen LogP contribution >= 0.6 is 11.3 Å². The Bertz CT molecular complexity index is 538. The third kappa shape index (κ3) is 2.48. The molecule has 86 valence electrons. The van der Waals surface area contributed by atoms with Crippen LogP contribution in [0, 0.1) is 18.3 Å². The molecule has 0 spiro atoms. The molecule has 1 unspecified atom stereocenters. The number of nitrogens with one attached hydrogen (secondary N) is 1. The van der Waals surface area contributed by atoms with Crippen molar-refractivity contribution in [2.75, 3.05) is 5.32 Å². The van der Waals surface area contributed by atoms with Gasteiger partial charge in [0, 0.05) is 4.88 Å². The zero-order valence-corrected chi connectivity index (χ0v) is 10.7. The maximum atomic E-state index is 9.10. The second kappa shape index (κ2) is 5.03. The number of anilines is 1. The Morgan fingerprint density at radius 2 is 2.12 bits per heavy atom. The van der Waals surface area contributed by atoms with E-state index in [-0.39, 0.29) is 6.04 Å². The van der Waals surface area contributed by atoms with Gasteiger partial charge in [-0.15, -0.1) is 11.3 Å². The first kappa shape index (κ1) is 11.7. The van der Waals surface area contributed by atoms with Gasteiger partial charge in [0.25, 0.3) is 0 Å². The third-order valence-corrected chi connectivity index (χ3v) is 3.78. The fraction of sp³-hybridized carbons (Fsp3) is 0.214. The van der Waals surface area contributed by atoms with Crippen molar-refractivity contribution in [3.05, 3.63) is 51.7 Å². The fourth-order valence-electron chi connectivity index (χ4n) is 1.78. The van der Waals surface area contributed by atoms with E-state index in [4.69, 9.17) is 5.26 Å². The van der Waals surface area contributed by atoms with Crippen LogP contribution in [0.3, 0.4) is 0 Å². The van der Waals surface area contributed by atoms with E-state index in [2.05, 4.69) is 29.8 Å². The van der Waals surface area contributed by atoms with Crippen molar-refractivity contribution in [2.45, 2.75) is 19.9 Å². The molecule has 1 atom stereocenters. The molecule has 2 nitrogen and oxygen atoms in total. The Labute approximate surface area is 106 Å². The van der Waals surface area contributed by atoms with Gasteiger partial charge in [-0.2, -0.15) is 5.26 Å². The van der Waals surface area contributed by atoms with Gasteiger partial charge in [0.05, 0.1) is 17.3 Å². The van der Waals surface area contributed by atoms with Gasteiger partial charge in [-0.25, -0.2) is 0 Å². The summed E-state index contributed by atoms with van der Waals surface area (Å²) in [7, 11) is 0. The number of aryl methyl sites for hydroxylation is 1. The normalized spacial score (nSPS) is 11.8. The highest BCUT2D eigenvalue weighted by Crippen LogP contribution is 2.27. The molecule has 0 saturated carbocycles. The highest BCUT2D eigenvalue weighted by Gasteiger charge is 2.10. The molecule has 0 aliphatic rings. The molecule has 0 aliphatic heterocycles. The third-order valence-electron chi connectivity index (χ3n) is 2.72. The highest BCUT2D eigenvalue weighted by atomic mass is 32.1. The molecule has 17 heavy (non-hydrogen) atoms. The minimum atomic E-state index is 0.225. The first-order valence-electron chi connectivity index (χ1n) is 5.52. The lowest BCUT2D eigenvalue weighted by atomic mass is 10.1. The number of hydrogen-bond donors (Lipinski definition) is 1. The number of hydrogen-bond acceptors (Lipinski definition) is 3. The summed E-state index contributed by atoms with van der Waals surface area (Å²) in [6.07, 6.45) is 0. The van der Waals surface area contributed by atoms with Gasteiger partial charge < -0.3 is 5.32 Å². The molecule has 2 rings (SSSR count). The summed E-state index contributed by atoms with van der Waals surface area (Å²) in [6.45, 7) is 4.13. The largest absolute Gasteiger partial charge is 0.376 e. The van der Waals surface area contributed by atoms with Gasteiger partial charge in [0.1, 0.15) is 6.07 Å². The molecule has 0 amide bonds. The molecule has 1 N–H and O–H groups in total. The highest BCUT2D eigenvalue weighted by molar-refractivity contribution is 7.10. The van der Waals surface area contributed by atoms with Crippen molar-refractivity contribution in [2.24, 2.45) is 0 Å². The fourth-order valence-corrected chi connectivity index (χ4v) is 2.51. The molecule has 1 heterocycles. The second-order valence-corrected chi connectivity index (χ2v) is 4.97. The van der Waals surface area contributed by atoms with Crippen molar-refractivity contribution in [3.8, 4) is 6.07 Å². The summed E-state index contributed by atoms with van der Waals surface area (Å²) in [4.78, 5) is 1.28. The van der Waals surface area contributed by atoms with E-state index >= 15 is 0 Å². The summed E-state index contributed by atoms with van der Waals surface area (Å²) in [5.74, 6) is 0. The van der Waals surface area contributed by atoms with Crippen molar-refractivity contribution in [1.29, 1.82) is 5.26 Å². The zero-order valence-electron chi connectivity index (χ0n) is 9.90. The standard InChI is InChI=1S/C14H14N2S/c1-10-5-3-6-12(9-15)14(10)16-11(2)13-7-4-8-17-13/h3-8,11,16H,1-2H3. The molecule has 0 radical (unpaired) electrons. The lowest BCUT2D eigenvalue weighted by Gasteiger charge is -2.16. The second-order valence-electron chi connectivity index (χ2n) is 3.99. The van der Waals surface area contributed by atoms with Crippen LogP contribution in [0.15, 0.2) is 35.7 Å². The van der Waals surface area contributed by atoms with Gasteiger partial charge in [0.15, 0.2) is 0 Å². The first-order chi connectivity index (χ1) is 8.22. The first-order valence-corrected chi connectivity index (χ1v) is 6.40. The molecular formula is C14H14N2S. The number of nitriles is 1. The van der Waals surface area contributed by atoms with Gasteiger partial charge in [-0.05, 0) is 36.9 Å². The molecular weight excluding hydrogens is 228 g/mol. The summed E-state index contributed by atoms with van der Waals surface area (Å²) in [5.41, 5.74) is 2.75. The topological polar surface area (TPSA) is 35.8 Å². The lowest BCUT2D eigenvalue weighted by molar-refractivity contribution is 0.904. The Morgan fingerprint density at radius 1 is 1.29 bits per heavy atom. The van der Waals surface area contributed by atoms with Gasteiger partial charge >= 0.3 is 0 Å². The summed E-state index contributed by atoms with van der Waals surface area (Å²) in [6, 6.07) is 12.4. The maximum absolute atomic E-state index is 9.10. The van der Waals surface area contributed by atoms with E-state index in [1.54, 1.807) is 11.3 Å². The van der Waals surface area contributed by atoms with Crippen LogP contribution in [0.4, 0.5) is 5.69 Å². The Balaban J connectivity index is 2.28. The van der Waals surface area contributed by atoms with Gasteiger partial charge in [-0.1, -0.05) is 18.2 Å². The number of para-hydroxylation sites is 1. The van der Waals surface area contributed by atoms with E-state index in [1.807, 2.05) is 31.2 Å². The van der Waals surface area contributed by atoms with E-state index in [0.29, 0.717) is 5.56 Å².